The zero-order valence-electron chi connectivity index (χ0n) is 14.6. The maximum atomic E-state index is 12.2. The number of para-hydroxylation sites is 2. The van der Waals surface area contributed by atoms with Crippen LogP contribution in [0.15, 0.2) is 48.5 Å². The van der Waals surface area contributed by atoms with Crippen molar-refractivity contribution >= 4 is 11.6 Å². The Morgan fingerprint density at radius 2 is 1.72 bits per heavy atom. The molecule has 0 bridgehead atoms. The summed E-state index contributed by atoms with van der Waals surface area (Å²) < 4.78 is 0. The van der Waals surface area contributed by atoms with E-state index in [-0.39, 0.29) is 5.91 Å². The fourth-order valence-electron chi connectivity index (χ4n) is 3.04. The van der Waals surface area contributed by atoms with Gasteiger partial charge in [0, 0.05) is 32.7 Å². The van der Waals surface area contributed by atoms with Crippen molar-refractivity contribution in [1.29, 1.82) is 0 Å². The number of benzene rings is 2. The summed E-state index contributed by atoms with van der Waals surface area (Å²) in [4.78, 5) is 16.5. The molecular formula is C20H25N3O2. The van der Waals surface area contributed by atoms with Gasteiger partial charge in [0.1, 0.15) is 5.75 Å². The van der Waals surface area contributed by atoms with Crippen LogP contribution in [0.3, 0.4) is 0 Å². The number of amides is 1. The highest BCUT2D eigenvalue weighted by Crippen LogP contribution is 2.27. The van der Waals surface area contributed by atoms with E-state index in [4.69, 9.17) is 0 Å². The minimum Gasteiger partial charge on any atom is -0.506 e. The Labute approximate surface area is 148 Å². The zero-order chi connectivity index (χ0) is 17.6. The molecule has 0 saturated carbocycles. The Hall–Kier alpha value is -2.53. The van der Waals surface area contributed by atoms with E-state index in [1.165, 1.54) is 5.56 Å². The maximum absolute atomic E-state index is 12.2. The van der Waals surface area contributed by atoms with Gasteiger partial charge >= 0.3 is 0 Å². The van der Waals surface area contributed by atoms with Gasteiger partial charge in [-0.1, -0.05) is 42.0 Å². The third-order valence-corrected chi connectivity index (χ3v) is 4.57. The van der Waals surface area contributed by atoms with E-state index in [9.17, 15) is 9.90 Å². The molecule has 0 spiro atoms. The average molecular weight is 339 g/mol. The minimum atomic E-state index is 0.0524. The Bertz CT molecular complexity index is 707. The van der Waals surface area contributed by atoms with Gasteiger partial charge in [0.15, 0.2) is 0 Å². The molecule has 132 valence electrons. The first-order chi connectivity index (χ1) is 12.1. The van der Waals surface area contributed by atoms with Gasteiger partial charge in [0.2, 0.25) is 5.91 Å². The summed E-state index contributed by atoms with van der Waals surface area (Å²) in [7, 11) is 0. The molecule has 1 heterocycles. The minimum absolute atomic E-state index is 0.0524. The van der Waals surface area contributed by atoms with Gasteiger partial charge in [0.05, 0.1) is 12.2 Å². The lowest BCUT2D eigenvalue weighted by Gasteiger charge is -2.35. The van der Waals surface area contributed by atoms with E-state index in [0.29, 0.717) is 18.8 Å². The molecule has 1 fully saturated rings. The van der Waals surface area contributed by atoms with Crippen molar-refractivity contribution in [3.63, 3.8) is 0 Å². The lowest BCUT2D eigenvalue weighted by Crippen LogP contribution is -2.49. The highest BCUT2D eigenvalue weighted by molar-refractivity contribution is 5.78. The lowest BCUT2D eigenvalue weighted by molar-refractivity contribution is -0.122. The number of piperazine rings is 1. The first-order valence-corrected chi connectivity index (χ1v) is 8.69. The number of aryl methyl sites for hydroxylation is 1. The standard InChI is InChI=1S/C20H25N3O2/c1-16-6-8-17(9-7-16)14-21-20(25)15-22-10-12-23(13-11-22)18-4-2-3-5-19(18)24/h2-9,24H,10-15H2,1H3,(H,21,25). The summed E-state index contributed by atoms with van der Waals surface area (Å²) in [5.41, 5.74) is 3.20. The van der Waals surface area contributed by atoms with E-state index in [1.807, 2.05) is 30.3 Å². The molecule has 0 unspecified atom stereocenters. The van der Waals surface area contributed by atoms with Gasteiger partial charge < -0.3 is 15.3 Å². The third kappa shape index (κ3) is 4.73. The fraction of sp³-hybridized carbons (Fsp3) is 0.350. The molecule has 25 heavy (non-hydrogen) atoms. The molecule has 1 aliphatic heterocycles. The Balaban J connectivity index is 1.43. The van der Waals surface area contributed by atoms with Crippen molar-refractivity contribution in [3.05, 3.63) is 59.7 Å². The van der Waals surface area contributed by atoms with Crippen LogP contribution in [-0.4, -0.2) is 48.6 Å². The zero-order valence-corrected chi connectivity index (χ0v) is 14.6. The molecule has 5 nitrogen and oxygen atoms in total. The van der Waals surface area contributed by atoms with Gasteiger partial charge in [-0.3, -0.25) is 9.69 Å². The Kier molecular flexibility index (Phi) is 5.56. The molecule has 0 aliphatic carbocycles. The van der Waals surface area contributed by atoms with Crippen molar-refractivity contribution in [2.45, 2.75) is 13.5 Å². The largest absolute Gasteiger partial charge is 0.506 e. The van der Waals surface area contributed by atoms with E-state index in [0.717, 1.165) is 37.4 Å². The van der Waals surface area contributed by atoms with Crippen LogP contribution in [0.2, 0.25) is 0 Å². The lowest BCUT2D eigenvalue weighted by atomic mass is 10.1. The van der Waals surface area contributed by atoms with Gasteiger partial charge in [-0.15, -0.1) is 0 Å². The number of aromatic hydroxyl groups is 1. The number of carbonyl (C=O) groups excluding carboxylic acids is 1. The fourth-order valence-corrected chi connectivity index (χ4v) is 3.04. The molecule has 0 aromatic heterocycles. The summed E-state index contributed by atoms with van der Waals surface area (Å²) in [6.07, 6.45) is 0. The summed E-state index contributed by atoms with van der Waals surface area (Å²) in [5, 5.41) is 12.9. The van der Waals surface area contributed by atoms with Crippen molar-refractivity contribution in [2.75, 3.05) is 37.6 Å². The topological polar surface area (TPSA) is 55.8 Å². The van der Waals surface area contributed by atoms with Gasteiger partial charge in [-0.05, 0) is 24.6 Å². The molecule has 2 aromatic rings. The monoisotopic (exact) mass is 339 g/mol. The first-order valence-electron chi connectivity index (χ1n) is 8.69. The molecule has 0 atom stereocenters. The van der Waals surface area contributed by atoms with Gasteiger partial charge in [0.25, 0.3) is 0 Å². The van der Waals surface area contributed by atoms with Crippen LogP contribution in [0.4, 0.5) is 5.69 Å². The molecular weight excluding hydrogens is 314 g/mol. The predicted octanol–water partition coefficient (Wildman–Crippen LogP) is 2.14. The Morgan fingerprint density at radius 3 is 2.40 bits per heavy atom. The van der Waals surface area contributed by atoms with E-state index in [1.54, 1.807) is 6.07 Å². The summed E-state index contributed by atoms with van der Waals surface area (Å²) >= 11 is 0. The molecule has 1 saturated heterocycles. The smallest absolute Gasteiger partial charge is 0.234 e. The van der Waals surface area contributed by atoms with Crippen molar-refractivity contribution in [2.24, 2.45) is 0 Å². The SMILES string of the molecule is Cc1ccc(CNC(=O)CN2CCN(c3ccccc3O)CC2)cc1. The number of phenolic OH excluding ortho intramolecular Hbond substituents is 1. The van der Waals surface area contributed by atoms with Crippen LogP contribution in [0, 0.1) is 6.92 Å². The summed E-state index contributed by atoms with van der Waals surface area (Å²) in [6, 6.07) is 15.6. The number of rotatable bonds is 5. The molecule has 2 N–H and O–H groups in total. The number of anilines is 1. The number of phenols is 1. The van der Waals surface area contributed by atoms with E-state index >= 15 is 0 Å². The van der Waals surface area contributed by atoms with Crippen LogP contribution in [-0.2, 0) is 11.3 Å². The molecule has 1 amide bonds. The van der Waals surface area contributed by atoms with Crippen LogP contribution in [0.1, 0.15) is 11.1 Å². The Morgan fingerprint density at radius 1 is 1.04 bits per heavy atom. The van der Waals surface area contributed by atoms with Crippen LogP contribution in [0.5, 0.6) is 5.75 Å². The molecule has 2 aromatic carbocycles. The number of hydrogen-bond acceptors (Lipinski definition) is 4. The summed E-state index contributed by atoms with van der Waals surface area (Å²) in [5.74, 6) is 0.364. The van der Waals surface area contributed by atoms with Crippen molar-refractivity contribution in [3.8, 4) is 5.75 Å². The highest BCUT2D eigenvalue weighted by atomic mass is 16.3. The van der Waals surface area contributed by atoms with Crippen LogP contribution >= 0.6 is 0 Å². The number of nitrogens with zero attached hydrogens (tertiary/aromatic N) is 2. The second-order valence-corrected chi connectivity index (χ2v) is 6.51. The predicted molar refractivity (Wildman–Crippen MR) is 99.8 cm³/mol. The van der Waals surface area contributed by atoms with Gasteiger partial charge in [-0.25, -0.2) is 0 Å². The third-order valence-electron chi connectivity index (χ3n) is 4.57. The van der Waals surface area contributed by atoms with Crippen LogP contribution < -0.4 is 10.2 Å². The summed E-state index contributed by atoms with van der Waals surface area (Å²) in [6.45, 7) is 6.28. The molecule has 1 aliphatic rings. The van der Waals surface area contributed by atoms with Crippen molar-refractivity contribution in [1.82, 2.24) is 10.2 Å². The highest BCUT2D eigenvalue weighted by Gasteiger charge is 2.20. The van der Waals surface area contributed by atoms with E-state index < -0.39 is 0 Å². The molecule has 3 rings (SSSR count). The van der Waals surface area contributed by atoms with Crippen molar-refractivity contribution < 1.29 is 9.90 Å². The van der Waals surface area contributed by atoms with E-state index in [2.05, 4.69) is 34.2 Å². The second kappa shape index (κ2) is 8.03. The van der Waals surface area contributed by atoms with Gasteiger partial charge in [-0.2, -0.15) is 0 Å². The quantitative estimate of drug-likeness (QED) is 0.876. The van der Waals surface area contributed by atoms with Crippen LogP contribution in [0.25, 0.3) is 0 Å². The number of hydrogen-bond donors (Lipinski definition) is 2. The molecule has 5 heteroatoms. The number of carbonyl (C=O) groups is 1. The normalized spacial score (nSPS) is 15.2. The first kappa shape index (κ1) is 17.3. The number of nitrogens with one attached hydrogen (secondary N) is 1. The molecule has 0 radical (unpaired) electrons. The second-order valence-electron chi connectivity index (χ2n) is 6.51. The average Bonchev–Trinajstić information content (AvgIpc) is 2.62. The maximum Gasteiger partial charge on any atom is 0.234 e.